The van der Waals surface area contributed by atoms with Crippen molar-refractivity contribution < 1.29 is 0 Å². The molecule has 4 heteroatoms. The van der Waals surface area contributed by atoms with Crippen LogP contribution < -0.4 is 0 Å². The second kappa shape index (κ2) is 13.0. The van der Waals surface area contributed by atoms with Crippen molar-refractivity contribution in [3.05, 3.63) is 211 Å². The molecule has 1 fully saturated rings. The number of nitrogens with zero attached hydrogens (tertiary/aromatic N) is 3. The minimum absolute atomic E-state index is 0.0198. The average Bonchev–Trinajstić information content (AvgIpc) is 3.97. The molecule has 1 saturated carbocycles. The lowest BCUT2D eigenvalue weighted by Crippen LogP contribution is -2.17. The van der Waals surface area contributed by atoms with Crippen molar-refractivity contribution in [2.45, 2.75) is 17.8 Å². The molecule has 0 bridgehead atoms. The third-order valence-corrected chi connectivity index (χ3v) is 13.6. The molecule has 0 spiro atoms. The van der Waals surface area contributed by atoms with E-state index in [0.717, 1.165) is 28.7 Å². The van der Waals surface area contributed by atoms with Gasteiger partial charge in [-0.3, -0.25) is 0 Å². The highest BCUT2D eigenvalue weighted by atomic mass is 32.1. The Balaban J connectivity index is 0.946. The van der Waals surface area contributed by atoms with E-state index in [1.54, 1.807) is 0 Å². The van der Waals surface area contributed by atoms with Crippen LogP contribution in [0.3, 0.4) is 0 Å². The van der Waals surface area contributed by atoms with Crippen molar-refractivity contribution >= 4 is 31.5 Å². The Hall–Kier alpha value is -7.01. The van der Waals surface area contributed by atoms with Crippen LogP contribution in [0.4, 0.5) is 0 Å². The summed E-state index contributed by atoms with van der Waals surface area (Å²) in [4.78, 5) is 15.0. The van der Waals surface area contributed by atoms with Gasteiger partial charge in [0.15, 0.2) is 17.5 Å². The molecular formula is C54H35N3S. The molecule has 12 rings (SSSR count). The van der Waals surface area contributed by atoms with Crippen molar-refractivity contribution in [2.24, 2.45) is 0 Å². The van der Waals surface area contributed by atoms with E-state index in [9.17, 15) is 0 Å². The Kier molecular flexibility index (Phi) is 7.44. The molecule has 0 radical (unpaired) electrons. The lowest BCUT2D eigenvalue weighted by atomic mass is 9.74. The Labute approximate surface area is 341 Å². The molecule has 0 aliphatic heterocycles. The van der Waals surface area contributed by atoms with Gasteiger partial charge in [0.2, 0.25) is 0 Å². The first-order valence-corrected chi connectivity index (χ1v) is 20.8. The van der Waals surface area contributed by atoms with Crippen molar-refractivity contribution in [3.8, 4) is 67.5 Å². The molecule has 272 valence electrons. The Morgan fingerprint density at radius 2 is 1.02 bits per heavy atom. The molecule has 10 aromatic rings. The maximum atomic E-state index is 5.02. The van der Waals surface area contributed by atoms with E-state index >= 15 is 0 Å². The second-order valence-electron chi connectivity index (χ2n) is 15.6. The maximum absolute atomic E-state index is 5.02. The number of rotatable bonds is 6. The number of thiophene rings is 1. The van der Waals surface area contributed by atoms with Gasteiger partial charge in [-0.1, -0.05) is 170 Å². The first-order valence-electron chi connectivity index (χ1n) is 19.9. The van der Waals surface area contributed by atoms with E-state index in [-0.39, 0.29) is 5.41 Å². The number of hydrogen-bond acceptors (Lipinski definition) is 4. The van der Waals surface area contributed by atoms with Gasteiger partial charge >= 0.3 is 0 Å². The third-order valence-electron chi connectivity index (χ3n) is 12.3. The number of hydrogen-bond donors (Lipinski definition) is 0. The summed E-state index contributed by atoms with van der Waals surface area (Å²) >= 11 is 1.88. The fraction of sp³-hybridized carbons (Fsp3) is 0.0556. The van der Waals surface area contributed by atoms with E-state index < -0.39 is 0 Å². The normalized spacial score (nSPS) is 16.4. The van der Waals surface area contributed by atoms with Gasteiger partial charge in [-0.2, -0.15) is 0 Å². The van der Waals surface area contributed by atoms with Gasteiger partial charge < -0.3 is 0 Å². The molecule has 2 atom stereocenters. The van der Waals surface area contributed by atoms with Crippen molar-refractivity contribution in [2.75, 3.05) is 0 Å². The summed E-state index contributed by atoms with van der Waals surface area (Å²) in [5, 5.41) is 2.63. The zero-order valence-electron chi connectivity index (χ0n) is 31.5. The lowest BCUT2D eigenvalue weighted by Gasteiger charge is -2.29. The first kappa shape index (κ1) is 33.2. The Morgan fingerprint density at radius 3 is 1.76 bits per heavy atom. The van der Waals surface area contributed by atoms with E-state index in [1.165, 1.54) is 64.7 Å². The summed E-state index contributed by atoms with van der Waals surface area (Å²) in [5.74, 6) is 2.45. The van der Waals surface area contributed by atoms with Crippen LogP contribution in [0.15, 0.2) is 194 Å². The molecule has 2 aliphatic carbocycles. The van der Waals surface area contributed by atoms with Crippen LogP contribution in [0.2, 0.25) is 0 Å². The van der Waals surface area contributed by atoms with Crippen molar-refractivity contribution in [1.82, 2.24) is 15.0 Å². The van der Waals surface area contributed by atoms with Gasteiger partial charge in [0.05, 0.1) is 0 Å². The Morgan fingerprint density at radius 1 is 0.414 bits per heavy atom. The summed E-state index contributed by atoms with van der Waals surface area (Å²) in [7, 11) is 0. The highest BCUT2D eigenvalue weighted by Gasteiger charge is 2.60. The average molecular weight is 758 g/mol. The fourth-order valence-electron chi connectivity index (χ4n) is 9.49. The predicted octanol–water partition coefficient (Wildman–Crippen LogP) is 14.0. The molecule has 2 heterocycles. The van der Waals surface area contributed by atoms with Crippen LogP contribution in [-0.2, 0) is 5.41 Å². The quantitative estimate of drug-likeness (QED) is 0.170. The van der Waals surface area contributed by atoms with Gasteiger partial charge in [-0.05, 0) is 86.7 Å². The zero-order chi connectivity index (χ0) is 38.2. The van der Waals surface area contributed by atoms with Crippen molar-refractivity contribution in [3.63, 3.8) is 0 Å². The number of aromatic nitrogens is 3. The minimum atomic E-state index is -0.0198. The van der Waals surface area contributed by atoms with Gasteiger partial charge in [-0.25, -0.2) is 15.0 Å². The zero-order valence-corrected chi connectivity index (χ0v) is 32.3. The van der Waals surface area contributed by atoms with Gasteiger partial charge in [0.1, 0.15) is 0 Å². The smallest absolute Gasteiger partial charge is 0.164 e. The molecule has 0 saturated heterocycles. The van der Waals surface area contributed by atoms with Crippen LogP contribution in [0.5, 0.6) is 0 Å². The van der Waals surface area contributed by atoms with Crippen LogP contribution in [0.1, 0.15) is 29.0 Å². The van der Waals surface area contributed by atoms with E-state index in [0.29, 0.717) is 23.4 Å². The maximum Gasteiger partial charge on any atom is 0.164 e. The summed E-state index contributed by atoms with van der Waals surface area (Å²) in [5.41, 5.74) is 14.9. The monoisotopic (exact) mass is 757 g/mol. The highest BCUT2D eigenvalue weighted by Crippen LogP contribution is 2.70. The van der Waals surface area contributed by atoms with Crippen LogP contribution in [0.25, 0.3) is 87.7 Å². The third kappa shape index (κ3) is 5.22. The molecule has 3 nitrogen and oxygen atoms in total. The molecule has 2 aromatic heterocycles. The van der Waals surface area contributed by atoms with Crippen LogP contribution in [0, 0.1) is 0 Å². The second-order valence-corrected chi connectivity index (χ2v) is 16.6. The summed E-state index contributed by atoms with van der Waals surface area (Å²) < 4.78 is 2.61. The summed E-state index contributed by atoms with van der Waals surface area (Å²) in [6, 6.07) is 70.1. The van der Waals surface area contributed by atoms with Crippen LogP contribution in [-0.4, -0.2) is 15.0 Å². The number of fused-ring (bicyclic) bond motifs is 9. The summed E-state index contributed by atoms with van der Waals surface area (Å²) in [6.07, 6.45) is 1.13. The Bertz CT molecular complexity index is 3150. The fourth-order valence-corrected chi connectivity index (χ4v) is 10.7. The molecule has 2 aliphatic rings. The standard InChI is InChI=1S/C54H35N3S/c1-4-14-34(15-5-1)37-26-28-43-45(31-37)42-22-10-11-25-47(42)54(33-48(43)54)40-27-29-49-46(32-40)44-24-13-23-41(50(44)58-49)38-20-12-21-39(30-38)53-56-51(35-16-6-2-7-17-35)55-52(57-53)36-18-8-3-9-19-36/h1-32,48H,33H2. The molecule has 8 aromatic carbocycles. The van der Waals surface area contributed by atoms with Gasteiger partial charge in [0, 0.05) is 42.3 Å². The van der Waals surface area contributed by atoms with E-state index in [2.05, 4.69) is 158 Å². The minimum Gasteiger partial charge on any atom is -0.208 e. The molecule has 2 unspecified atom stereocenters. The molecule has 58 heavy (non-hydrogen) atoms. The molecular weight excluding hydrogens is 723 g/mol. The largest absolute Gasteiger partial charge is 0.208 e. The predicted molar refractivity (Wildman–Crippen MR) is 240 cm³/mol. The van der Waals surface area contributed by atoms with E-state index in [1.807, 2.05) is 47.7 Å². The highest BCUT2D eigenvalue weighted by molar-refractivity contribution is 7.26. The van der Waals surface area contributed by atoms with Gasteiger partial charge in [-0.15, -0.1) is 11.3 Å². The first-order chi connectivity index (χ1) is 28.7. The molecule has 0 N–H and O–H groups in total. The van der Waals surface area contributed by atoms with Crippen molar-refractivity contribution in [1.29, 1.82) is 0 Å². The number of benzene rings is 8. The van der Waals surface area contributed by atoms with Gasteiger partial charge in [0.25, 0.3) is 0 Å². The topological polar surface area (TPSA) is 38.7 Å². The summed E-state index contributed by atoms with van der Waals surface area (Å²) in [6.45, 7) is 0. The van der Waals surface area contributed by atoms with E-state index in [4.69, 9.17) is 15.0 Å². The SMILES string of the molecule is c1ccc(-c2ccc3c(c2)-c2ccccc2C2(c4ccc5sc6c(-c7cccc(-c8nc(-c9ccccc9)nc(-c9ccccc9)n8)c7)cccc6c5c4)CC32)cc1. The molecule has 0 amide bonds. The lowest BCUT2D eigenvalue weighted by molar-refractivity contribution is 0.796. The van der Waals surface area contributed by atoms with Crippen LogP contribution >= 0.6 is 11.3 Å².